The van der Waals surface area contributed by atoms with Gasteiger partial charge in [0.05, 0.1) is 6.42 Å². The third-order valence-electron chi connectivity index (χ3n) is 6.49. The molecule has 2 N–H and O–H groups in total. The average molecular weight is 451 g/mol. The van der Waals surface area contributed by atoms with Gasteiger partial charge in [0, 0.05) is 19.0 Å². The lowest BCUT2D eigenvalue weighted by molar-refractivity contribution is -0.139. The smallest absolute Gasteiger partial charge is 0.407 e. The minimum atomic E-state index is -0.954. The second kappa shape index (κ2) is 10.1. The van der Waals surface area contributed by atoms with Crippen molar-refractivity contribution in [3.05, 3.63) is 59.7 Å². The summed E-state index contributed by atoms with van der Waals surface area (Å²) in [7, 11) is 0. The van der Waals surface area contributed by atoms with Gasteiger partial charge < -0.3 is 20.1 Å². The Hall–Kier alpha value is -3.35. The number of nitrogens with one attached hydrogen (secondary N) is 1. The second-order valence-electron chi connectivity index (χ2n) is 8.76. The number of alkyl carbamates (subject to hydrolysis) is 1. The number of ether oxygens (including phenoxy) is 1. The number of likely N-dealkylation sites (N-methyl/N-ethyl adjacent to an activating group) is 1. The maximum absolute atomic E-state index is 13.0. The lowest BCUT2D eigenvalue weighted by Crippen LogP contribution is -2.49. The molecule has 7 nitrogen and oxygen atoms in total. The quantitative estimate of drug-likeness (QED) is 0.570. The molecule has 0 bridgehead atoms. The van der Waals surface area contributed by atoms with Crippen LogP contribution in [0, 0.1) is 5.92 Å². The van der Waals surface area contributed by atoms with Gasteiger partial charge in [-0.3, -0.25) is 9.59 Å². The fourth-order valence-electron chi connectivity index (χ4n) is 4.57. The zero-order valence-electron chi connectivity index (χ0n) is 18.8. The second-order valence-corrected chi connectivity index (χ2v) is 8.76. The number of amides is 2. The van der Waals surface area contributed by atoms with E-state index < -0.39 is 18.1 Å². The topological polar surface area (TPSA) is 95.9 Å². The van der Waals surface area contributed by atoms with Crippen LogP contribution in [0.15, 0.2) is 48.5 Å². The van der Waals surface area contributed by atoms with Gasteiger partial charge in [-0.15, -0.1) is 0 Å². The number of hydrogen-bond donors (Lipinski definition) is 2. The first-order chi connectivity index (χ1) is 16.0. The van der Waals surface area contributed by atoms with Crippen LogP contribution in [0.1, 0.15) is 49.7 Å². The molecule has 174 valence electrons. The lowest BCUT2D eigenvalue weighted by atomic mass is 9.98. The van der Waals surface area contributed by atoms with E-state index in [4.69, 9.17) is 9.84 Å². The first kappa shape index (κ1) is 22.8. The minimum Gasteiger partial charge on any atom is -0.481 e. The van der Waals surface area contributed by atoms with E-state index in [0.717, 1.165) is 35.1 Å². The Bertz CT molecular complexity index is 987. The number of carbonyl (C=O) groups is 3. The monoisotopic (exact) mass is 450 g/mol. The summed E-state index contributed by atoms with van der Waals surface area (Å²) in [5.74, 6) is -0.849. The highest BCUT2D eigenvalue weighted by atomic mass is 16.5. The summed E-state index contributed by atoms with van der Waals surface area (Å²) in [6.07, 6.45) is 1.88. The molecule has 7 heteroatoms. The van der Waals surface area contributed by atoms with E-state index in [0.29, 0.717) is 18.9 Å². The summed E-state index contributed by atoms with van der Waals surface area (Å²) >= 11 is 0. The molecule has 0 unspecified atom stereocenters. The summed E-state index contributed by atoms with van der Waals surface area (Å²) < 4.78 is 5.62. The van der Waals surface area contributed by atoms with Crippen molar-refractivity contribution >= 4 is 18.0 Å². The van der Waals surface area contributed by atoms with E-state index in [1.165, 1.54) is 4.90 Å². The van der Waals surface area contributed by atoms with Crippen molar-refractivity contribution in [3.8, 4) is 11.1 Å². The predicted molar refractivity (Wildman–Crippen MR) is 124 cm³/mol. The zero-order valence-corrected chi connectivity index (χ0v) is 18.8. The van der Waals surface area contributed by atoms with E-state index in [1.807, 2.05) is 24.3 Å². The van der Waals surface area contributed by atoms with Crippen LogP contribution in [0.4, 0.5) is 4.79 Å². The molecule has 0 aromatic heterocycles. The number of carboxylic acid groups (broad SMARTS) is 1. The Kier molecular flexibility index (Phi) is 6.96. The third-order valence-corrected chi connectivity index (χ3v) is 6.49. The van der Waals surface area contributed by atoms with Gasteiger partial charge in [-0.05, 0) is 41.5 Å². The van der Waals surface area contributed by atoms with Crippen LogP contribution in [0.25, 0.3) is 11.1 Å². The fraction of sp³-hybridized carbons (Fsp3) is 0.423. The van der Waals surface area contributed by atoms with Crippen LogP contribution < -0.4 is 5.32 Å². The molecule has 2 aliphatic carbocycles. The van der Waals surface area contributed by atoms with E-state index in [-0.39, 0.29) is 31.4 Å². The summed E-state index contributed by atoms with van der Waals surface area (Å²) in [5.41, 5.74) is 4.56. The maximum atomic E-state index is 13.0. The highest BCUT2D eigenvalue weighted by Gasteiger charge is 2.34. The Morgan fingerprint density at radius 1 is 1.06 bits per heavy atom. The molecular weight excluding hydrogens is 420 g/mol. The van der Waals surface area contributed by atoms with Crippen LogP contribution in [-0.2, 0) is 14.3 Å². The lowest BCUT2D eigenvalue weighted by Gasteiger charge is -2.26. The number of carbonyl (C=O) groups excluding carboxylic acids is 2. The first-order valence-electron chi connectivity index (χ1n) is 11.6. The van der Waals surface area contributed by atoms with Gasteiger partial charge in [-0.2, -0.15) is 0 Å². The van der Waals surface area contributed by atoms with Crippen molar-refractivity contribution in [3.63, 3.8) is 0 Å². The average Bonchev–Trinajstić information content (AvgIpc) is 3.58. The Balaban J connectivity index is 1.41. The van der Waals surface area contributed by atoms with Crippen molar-refractivity contribution in [1.29, 1.82) is 0 Å². The summed E-state index contributed by atoms with van der Waals surface area (Å²) in [6.45, 7) is 2.50. The molecule has 1 fully saturated rings. The van der Waals surface area contributed by atoms with Gasteiger partial charge in [-0.25, -0.2) is 4.79 Å². The van der Waals surface area contributed by atoms with Crippen molar-refractivity contribution in [2.45, 2.75) is 44.6 Å². The van der Waals surface area contributed by atoms with Gasteiger partial charge >= 0.3 is 12.1 Å². The number of aliphatic carboxylic acids is 1. The summed E-state index contributed by atoms with van der Waals surface area (Å²) in [5, 5.41) is 11.7. The summed E-state index contributed by atoms with van der Waals surface area (Å²) in [4.78, 5) is 38.2. The van der Waals surface area contributed by atoms with Crippen LogP contribution in [0.5, 0.6) is 0 Å². The van der Waals surface area contributed by atoms with E-state index in [9.17, 15) is 14.4 Å². The van der Waals surface area contributed by atoms with Crippen LogP contribution in [-0.4, -0.2) is 53.7 Å². The summed E-state index contributed by atoms with van der Waals surface area (Å²) in [6, 6.07) is 15.5. The third kappa shape index (κ3) is 5.35. The van der Waals surface area contributed by atoms with Crippen LogP contribution >= 0.6 is 0 Å². The van der Waals surface area contributed by atoms with Gasteiger partial charge in [0.2, 0.25) is 5.91 Å². The standard InChI is InChI=1S/C26H30N2O5/c1-2-28(14-13-24(29)30)25(31)23(15-17-11-12-17)27-26(32)33-16-22-20-9-5-3-7-18(20)19-8-4-6-10-21(19)22/h3-10,17,22-23H,2,11-16H2,1H3,(H,27,32)(H,29,30)/t23-/m0/s1. The molecule has 0 radical (unpaired) electrons. The predicted octanol–water partition coefficient (Wildman–Crippen LogP) is 4.02. The molecule has 0 aliphatic heterocycles. The van der Waals surface area contributed by atoms with E-state index >= 15 is 0 Å². The number of carboxylic acids is 1. The van der Waals surface area contributed by atoms with Crippen molar-refractivity contribution in [1.82, 2.24) is 10.2 Å². The molecule has 0 spiro atoms. The molecule has 1 saturated carbocycles. The molecule has 33 heavy (non-hydrogen) atoms. The minimum absolute atomic E-state index is 0.0524. The molecule has 2 aromatic rings. The number of hydrogen-bond acceptors (Lipinski definition) is 4. The van der Waals surface area contributed by atoms with Crippen molar-refractivity contribution in [2.24, 2.45) is 5.92 Å². The van der Waals surface area contributed by atoms with Gasteiger partial charge in [0.1, 0.15) is 12.6 Å². The highest BCUT2D eigenvalue weighted by molar-refractivity contribution is 5.86. The highest BCUT2D eigenvalue weighted by Crippen LogP contribution is 2.44. The van der Waals surface area contributed by atoms with Crippen LogP contribution in [0.2, 0.25) is 0 Å². The molecule has 2 aliphatic rings. The van der Waals surface area contributed by atoms with Gasteiger partial charge in [0.15, 0.2) is 0 Å². The first-order valence-corrected chi connectivity index (χ1v) is 11.6. The van der Waals surface area contributed by atoms with E-state index in [2.05, 4.69) is 29.6 Å². The number of rotatable bonds is 10. The normalized spacial score (nSPS) is 15.3. The van der Waals surface area contributed by atoms with Gasteiger partial charge in [-0.1, -0.05) is 61.4 Å². The van der Waals surface area contributed by atoms with E-state index in [1.54, 1.807) is 6.92 Å². The number of nitrogens with zero attached hydrogens (tertiary/aromatic N) is 1. The number of benzene rings is 2. The van der Waals surface area contributed by atoms with Crippen molar-refractivity contribution < 1.29 is 24.2 Å². The molecule has 0 saturated heterocycles. The molecule has 1 atom stereocenters. The van der Waals surface area contributed by atoms with Gasteiger partial charge in [0.25, 0.3) is 0 Å². The Morgan fingerprint density at radius 2 is 1.67 bits per heavy atom. The Labute approximate surface area is 193 Å². The largest absolute Gasteiger partial charge is 0.481 e. The van der Waals surface area contributed by atoms with Crippen molar-refractivity contribution in [2.75, 3.05) is 19.7 Å². The maximum Gasteiger partial charge on any atom is 0.407 e. The molecule has 2 aromatic carbocycles. The number of fused-ring (bicyclic) bond motifs is 3. The fourth-order valence-corrected chi connectivity index (χ4v) is 4.57. The molecular formula is C26H30N2O5. The molecule has 2 amide bonds. The molecule has 4 rings (SSSR count). The molecule has 0 heterocycles. The Morgan fingerprint density at radius 3 is 2.21 bits per heavy atom. The zero-order chi connectivity index (χ0) is 23.4. The SMILES string of the molecule is CCN(CCC(=O)O)C(=O)[C@H](CC1CC1)NC(=O)OCC1c2ccccc2-c2ccccc21. The van der Waals surface area contributed by atoms with Crippen LogP contribution in [0.3, 0.4) is 0 Å².